The molecule has 0 bridgehead atoms. The molecule has 0 saturated carbocycles. The maximum Gasteiger partial charge on any atom is 0.282 e. The third kappa shape index (κ3) is 5.31. The van der Waals surface area contributed by atoms with Crippen LogP contribution in [0.5, 0.6) is 11.5 Å². The van der Waals surface area contributed by atoms with Crippen LogP contribution in [0, 0.1) is 0 Å². The van der Waals surface area contributed by atoms with Crippen molar-refractivity contribution in [3.05, 3.63) is 61.0 Å². The number of benzene rings is 2. The van der Waals surface area contributed by atoms with E-state index in [9.17, 15) is 9.59 Å². The summed E-state index contributed by atoms with van der Waals surface area (Å²) in [5, 5.41) is 4.86. The molecule has 0 spiro atoms. The number of ether oxygens (including phenoxy) is 2. The van der Waals surface area contributed by atoms with Crippen LogP contribution in [0.3, 0.4) is 0 Å². The van der Waals surface area contributed by atoms with Crippen molar-refractivity contribution >= 4 is 54.9 Å². The lowest BCUT2D eigenvalue weighted by atomic mass is 10.2. The van der Waals surface area contributed by atoms with E-state index in [0.717, 1.165) is 10.9 Å². The van der Waals surface area contributed by atoms with Crippen LogP contribution in [-0.4, -0.2) is 35.5 Å². The van der Waals surface area contributed by atoms with Gasteiger partial charge < -0.3 is 15.2 Å². The summed E-state index contributed by atoms with van der Waals surface area (Å²) in [4.78, 5) is 29.0. The summed E-state index contributed by atoms with van der Waals surface area (Å²) in [6.45, 7) is 1.67. The van der Waals surface area contributed by atoms with E-state index in [0.29, 0.717) is 38.9 Å². The predicted molar refractivity (Wildman–Crippen MR) is 126 cm³/mol. The molecule has 8 nitrogen and oxygen atoms in total. The molecule has 0 atom stereocenters. The van der Waals surface area contributed by atoms with Gasteiger partial charge in [0, 0.05) is 20.9 Å². The van der Waals surface area contributed by atoms with Crippen LogP contribution in [0.2, 0.25) is 0 Å². The van der Waals surface area contributed by atoms with Crippen molar-refractivity contribution in [1.29, 1.82) is 0 Å². The van der Waals surface area contributed by atoms with Crippen LogP contribution in [0.15, 0.2) is 49.2 Å². The van der Waals surface area contributed by atoms with Gasteiger partial charge in [-0.15, -0.1) is 0 Å². The van der Waals surface area contributed by atoms with Crippen molar-refractivity contribution in [2.45, 2.75) is 19.8 Å². The van der Waals surface area contributed by atoms with Gasteiger partial charge in [0.1, 0.15) is 5.82 Å². The molecule has 0 fully saturated rings. The van der Waals surface area contributed by atoms with E-state index in [1.54, 1.807) is 24.3 Å². The Hall–Kier alpha value is -2.72. The number of methoxy groups -OCH3 is 1. The van der Waals surface area contributed by atoms with E-state index < -0.39 is 5.91 Å². The Bertz CT molecular complexity index is 1220. The molecule has 3 aromatic rings. The fraction of sp³-hybridized carbons (Fsp3) is 0.238. The van der Waals surface area contributed by atoms with E-state index in [1.165, 1.54) is 18.0 Å². The molecule has 0 unspecified atom stereocenters. The molecule has 3 rings (SSSR count). The Kier molecular flexibility index (Phi) is 7.45. The fourth-order valence-corrected chi connectivity index (χ4v) is 3.77. The molecular formula is C21H20Br2N4O4. The van der Waals surface area contributed by atoms with E-state index >= 15 is 0 Å². The zero-order chi connectivity index (χ0) is 22.5. The number of rotatable bonds is 8. The number of nitrogens with zero attached hydrogens (tertiary/aromatic N) is 3. The first kappa shape index (κ1) is 23.0. The van der Waals surface area contributed by atoms with Crippen LogP contribution >= 0.6 is 31.9 Å². The van der Waals surface area contributed by atoms with Crippen molar-refractivity contribution in [2.75, 3.05) is 13.7 Å². The van der Waals surface area contributed by atoms with Crippen molar-refractivity contribution in [2.24, 2.45) is 10.8 Å². The summed E-state index contributed by atoms with van der Waals surface area (Å²) in [6.07, 6.45) is 2.84. The topological polar surface area (TPSA) is 109 Å². The summed E-state index contributed by atoms with van der Waals surface area (Å²) in [5.74, 6) is 0.590. The first-order valence-electron chi connectivity index (χ1n) is 9.38. The molecular weight excluding hydrogens is 532 g/mol. The summed E-state index contributed by atoms with van der Waals surface area (Å²) in [7, 11) is 1.48. The number of primary amides is 1. The third-order valence-electron chi connectivity index (χ3n) is 4.29. The Balaban J connectivity index is 2.15. The van der Waals surface area contributed by atoms with Crippen molar-refractivity contribution in [3.8, 4) is 11.5 Å². The van der Waals surface area contributed by atoms with Gasteiger partial charge in [-0.2, -0.15) is 9.78 Å². The SMILES string of the molecule is CCCc1nc2ccc(Br)cc2c(=O)n1N=Cc1cc(Br)cc(OC)c1OCC(N)=O. The molecule has 0 aliphatic heterocycles. The number of carbonyl (C=O) groups is 1. The van der Waals surface area contributed by atoms with Gasteiger partial charge in [-0.05, 0) is 36.8 Å². The van der Waals surface area contributed by atoms with Gasteiger partial charge in [0.15, 0.2) is 18.1 Å². The maximum atomic E-state index is 13.1. The third-order valence-corrected chi connectivity index (χ3v) is 5.24. The van der Waals surface area contributed by atoms with Gasteiger partial charge in [-0.25, -0.2) is 4.98 Å². The van der Waals surface area contributed by atoms with Gasteiger partial charge in [-0.1, -0.05) is 38.8 Å². The molecule has 1 aromatic heterocycles. The largest absolute Gasteiger partial charge is 0.493 e. The molecule has 2 aromatic carbocycles. The standard InChI is InChI=1S/C21H20Br2N4O4/c1-3-4-19-26-16-6-5-13(22)8-15(16)21(29)27(19)25-10-12-7-14(23)9-17(30-2)20(12)31-11-18(24)28/h5-10H,3-4,11H2,1-2H3,(H2,24,28). The number of nitrogens with two attached hydrogens (primary N) is 1. The molecule has 162 valence electrons. The lowest BCUT2D eigenvalue weighted by molar-refractivity contribution is -0.119. The minimum absolute atomic E-state index is 0.285. The molecule has 10 heteroatoms. The van der Waals surface area contributed by atoms with Crippen LogP contribution in [-0.2, 0) is 11.2 Å². The van der Waals surface area contributed by atoms with Crippen LogP contribution in [0.1, 0.15) is 24.7 Å². The average Bonchev–Trinajstić information content (AvgIpc) is 2.73. The molecule has 1 heterocycles. The number of halogens is 2. The number of hydrogen-bond acceptors (Lipinski definition) is 6. The Morgan fingerprint density at radius 2 is 2.03 bits per heavy atom. The first-order chi connectivity index (χ1) is 14.8. The summed E-state index contributed by atoms with van der Waals surface area (Å²) in [5.41, 5.74) is 6.03. The van der Waals surface area contributed by atoms with Crippen molar-refractivity contribution < 1.29 is 14.3 Å². The minimum Gasteiger partial charge on any atom is -0.493 e. The highest BCUT2D eigenvalue weighted by Crippen LogP contribution is 2.34. The molecule has 0 saturated heterocycles. The van der Waals surface area contributed by atoms with E-state index in [1.807, 2.05) is 13.0 Å². The molecule has 0 aliphatic rings. The van der Waals surface area contributed by atoms with Crippen LogP contribution < -0.4 is 20.8 Å². The number of aromatic nitrogens is 2. The summed E-state index contributed by atoms with van der Waals surface area (Å²) >= 11 is 6.80. The van der Waals surface area contributed by atoms with Gasteiger partial charge >= 0.3 is 0 Å². The minimum atomic E-state index is -0.626. The molecule has 1 amide bonds. The highest BCUT2D eigenvalue weighted by Gasteiger charge is 2.14. The second-order valence-electron chi connectivity index (χ2n) is 6.58. The Morgan fingerprint density at radius 3 is 2.71 bits per heavy atom. The lowest BCUT2D eigenvalue weighted by Gasteiger charge is -2.13. The maximum absolute atomic E-state index is 13.1. The summed E-state index contributed by atoms with van der Waals surface area (Å²) < 4.78 is 13.7. The Morgan fingerprint density at radius 1 is 1.26 bits per heavy atom. The number of carbonyl (C=O) groups excluding carboxylic acids is 1. The first-order valence-corrected chi connectivity index (χ1v) is 11.0. The number of hydrogen-bond donors (Lipinski definition) is 1. The number of fused-ring (bicyclic) bond motifs is 1. The Labute approximate surface area is 195 Å². The highest BCUT2D eigenvalue weighted by atomic mass is 79.9. The van der Waals surface area contributed by atoms with E-state index in [2.05, 4.69) is 41.9 Å². The summed E-state index contributed by atoms with van der Waals surface area (Å²) in [6, 6.07) is 8.78. The number of amides is 1. The molecule has 31 heavy (non-hydrogen) atoms. The highest BCUT2D eigenvalue weighted by molar-refractivity contribution is 9.10. The zero-order valence-corrected chi connectivity index (χ0v) is 20.1. The molecule has 2 N–H and O–H groups in total. The lowest BCUT2D eigenvalue weighted by Crippen LogP contribution is -2.23. The predicted octanol–water partition coefficient (Wildman–Crippen LogP) is 3.63. The van der Waals surface area contributed by atoms with Crippen molar-refractivity contribution in [3.63, 3.8) is 0 Å². The van der Waals surface area contributed by atoms with Gasteiger partial charge in [0.25, 0.3) is 11.5 Å². The monoisotopic (exact) mass is 550 g/mol. The fourth-order valence-electron chi connectivity index (χ4n) is 2.95. The smallest absolute Gasteiger partial charge is 0.282 e. The van der Waals surface area contributed by atoms with Gasteiger partial charge in [0.2, 0.25) is 0 Å². The van der Waals surface area contributed by atoms with E-state index in [4.69, 9.17) is 15.2 Å². The average molecular weight is 552 g/mol. The van der Waals surface area contributed by atoms with Crippen LogP contribution in [0.25, 0.3) is 10.9 Å². The molecule has 0 aliphatic carbocycles. The van der Waals surface area contributed by atoms with Gasteiger partial charge in [0.05, 0.1) is 24.2 Å². The van der Waals surface area contributed by atoms with Gasteiger partial charge in [-0.3, -0.25) is 9.59 Å². The zero-order valence-electron chi connectivity index (χ0n) is 16.9. The quantitative estimate of drug-likeness (QED) is 0.430. The molecule has 0 radical (unpaired) electrons. The normalized spacial score (nSPS) is 11.2. The van der Waals surface area contributed by atoms with Crippen LogP contribution in [0.4, 0.5) is 0 Å². The van der Waals surface area contributed by atoms with Crippen molar-refractivity contribution in [1.82, 2.24) is 9.66 Å². The number of aryl methyl sites for hydroxylation is 1. The van der Waals surface area contributed by atoms with E-state index in [-0.39, 0.29) is 17.9 Å². The second kappa shape index (κ2) is 10.1. The second-order valence-corrected chi connectivity index (χ2v) is 8.41.